The lowest BCUT2D eigenvalue weighted by Crippen LogP contribution is -2.38. The molecule has 5 nitrogen and oxygen atoms in total. The van der Waals surface area contributed by atoms with Crippen molar-refractivity contribution < 1.29 is 4.79 Å². The summed E-state index contributed by atoms with van der Waals surface area (Å²) in [5.74, 6) is -0.0172. The first kappa shape index (κ1) is 18.9. The number of aromatic nitrogens is 1. The molecule has 1 aromatic carbocycles. The van der Waals surface area contributed by atoms with Gasteiger partial charge in [-0.1, -0.05) is 30.3 Å². The fourth-order valence-electron chi connectivity index (χ4n) is 3.00. The lowest BCUT2D eigenvalue weighted by atomic mass is 10.00. The van der Waals surface area contributed by atoms with Gasteiger partial charge >= 0.3 is 0 Å². The van der Waals surface area contributed by atoms with Gasteiger partial charge in [0.2, 0.25) is 5.91 Å². The van der Waals surface area contributed by atoms with E-state index in [-0.39, 0.29) is 17.5 Å². The number of rotatable bonds is 7. The molecular weight excluding hydrogens is 314 g/mol. The fourth-order valence-corrected chi connectivity index (χ4v) is 3.00. The van der Waals surface area contributed by atoms with Crippen LogP contribution in [0.3, 0.4) is 0 Å². The second-order valence-electron chi connectivity index (χ2n) is 6.52. The quantitative estimate of drug-likeness (QED) is 0.786. The summed E-state index contributed by atoms with van der Waals surface area (Å²) in [4.78, 5) is 26.4. The Labute approximate surface area is 149 Å². The molecule has 1 atom stereocenters. The topological polar surface area (TPSA) is 54.3 Å². The summed E-state index contributed by atoms with van der Waals surface area (Å²) < 4.78 is 1.73. The molecule has 25 heavy (non-hydrogen) atoms. The zero-order valence-electron chi connectivity index (χ0n) is 15.5. The average molecular weight is 341 g/mol. The molecule has 5 heteroatoms. The zero-order chi connectivity index (χ0) is 18.4. The molecule has 134 valence electrons. The number of benzene rings is 1. The van der Waals surface area contributed by atoms with Gasteiger partial charge in [-0.05, 0) is 51.6 Å². The summed E-state index contributed by atoms with van der Waals surface area (Å²) in [6.45, 7) is 5.07. The fraction of sp³-hybridized carbons (Fsp3) is 0.400. The van der Waals surface area contributed by atoms with Gasteiger partial charge in [-0.3, -0.25) is 14.5 Å². The van der Waals surface area contributed by atoms with E-state index in [4.69, 9.17) is 0 Å². The first-order valence-electron chi connectivity index (χ1n) is 8.58. The van der Waals surface area contributed by atoms with E-state index in [0.717, 1.165) is 16.8 Å². The van der Waals surface area contributed by atoms with E-state index >= 15 is 0 Å². The maximum atomic E-state index is 12.7. The molecule has 1 heterocycles. The molecule has 0 saturated heterocycles. The van der Waals surface area contributed by atoms with E-state index in [1.807, 2.05) is 63.2 Å². The van der Waals surface area contributed by atoms with E-state index in [1.54, 1.807) is 16.7 Å². The van der Waals surface area contributed by atoms with E-state index < -0.39 is 0 Å². The minimum absolute atomic E-state index is 0.00240. The molecule has 2 rings (SSSR count). The van der Waals surface area contributed by atoms with E-state index in [9.17, 15) is 9.59 Å². The van der Waals surface area contributed by atoms with Crippen LogP contribution in [-0.4, -0.2) is 36.0 Å². The molecule has 0 spiro atoms. The molecule has 0 aliphatic heterocycles. The first-order valence-corrected chi connectivity index (χ1v) is 8.58. The van der Waals surface area contributed by atoms with Crippen molar-refractivity contribution >= 4 is 5.91 Å². The van der Waals surface area contributed by atoms with Gasteiger partial charge in [0.1, 0.15) is 6.04 Å². The molecule has 0 aliphatic rings. The van der Waals surface area contributed by atoms with Crippen LogP contribution >= 0.6 is 0 Å². The minimum atomic E-state index is -0.317. The van der Waals surface area contributed by atoms with Crippen molar-refractivity contribution in [1.82, 2.24) is 14.8 Å². The Morgan fingerprint density at radius 2 is 1.84 bits per heavy atom. The summed E-state index contributed by atoms with van der Waals surface area (Å²) in [5, 5.41) is 3.00. The Balaban J connectivity index is 1.96. The van der Waals surface area contributed by atoms with Crippen LogP contribution in [0.25, 0.3) is 0 Å². The van der Waals surface area contributed by atoms with Crippen molar-refractivity contribution in [2.75, 3.05) is 20.6 Å². The van der Waals surface area contributed by atoms with Gasteiger partial charge in [0, 0.05) is 24.8 Å². The lowest BCUT2D eigenvalue weighted by molar-refractivity contribution is -0.125. The van der Waals surface area contributed by atoms with Crippen molar-refractivity contribution in [3.8, 4) is 0 Å². The molecule has 1 unspecified atom stereocenters. The maximum Gasteiger partial charge on any atom is 0.250 e. The Morgan fingerprint density at radius 3 is 2.48 bits per heavy atom. The van der Waals surface area contributed by atoms with Crippen LogP contribution in [0.2, 0.25) is 0 Å². The highest BCUT2D eigenvalue weighted by atomic mass is 16.2. The number of likely N-dealkylation sites (N-methyl/N-ethyl adjacent to an activating group) is 1. The third-order valence-electron chi connectivity index (χ3n) is 4.37. The smallest absolute Gasteiger partial charge is 0.250 e. The van der Waals surface area contributed by atoms with Crippen molar-refractivity contribution in [3.05, 3.63) is 69.6 Å². The summed E-state index contributed by atoms with van der Waals surface area (Å²) in [6, 6.07) is 12.9. The average Bonchev–Trinajstić information content (AvgIpc) is 2.55. The number of nitrogens with one attached hydrogen (secondary N) is 1. The number of nitrogens with zero attached hydrogens (tertiary/aromatic N) is 2. The highest BCUT2D eigenvalue weighted by Crippen LogP contribution is 2.21. The molecule has 0 saturated carbocycles. The number of amides is 1. The van der Waals surface area contributed by atoms with Crippen LogP contribution in [0.1, 0.15) is 29.3 Å². The number of carbonyl (C=O) groups excluding carboxylic acids is 1. The third-order valence-corrected chi connectivity index (χ3v) is 4.37. The van der Waals surface area contributed by atoms with Crippen LogP contribution in [0.4, 0.5) is 0 Å². The molecule has 0 fully saturated rings. The van der Waals surface area contributed by atoms with Crippen molar-refractivity contribution in [3.63, 3.8) is 0 Å². The number of hydrogen-bond acceptors (Lipinski definition) is 3. The zero-order valence-corrected chi connectivity index (χ0v) is 15.5. The van der Waals surface area contributed by atoms with Crippen molar-refractivity contribution in [2.45, 2.75) is 32.9 Å². The second kappa shape index (κ2) is 8.62. The van der Waals surface area contributed by atoms with Gasteiger partial charge in [0.25, 0.3) is 5.56 Å². The Kier molecular flexibility index (Phi) is 6.53. The van der Waals surface area contributed by atoms with Crippen LogP contribution in [-0.2, 0) is 11.3 Å². The molecule has 1 aromatic heterocycles. The summed E-state index contributed by atoms with van der Waals surface area (Å²) >= 11 is 0. The van der Waals surface area contributed by atoms with Gasteiger partial charge in [0.05, 0.1) is 0 Å². The molecule has 0 bridgehead atoms. The molecule has 1 amide bonds. The molecular formula is C20H27N3O2. The molecule has 0 radical (unpaired) electrons. The molecule has 1 N–H and O–H groups in total. The predicted octanol–water partition coefficient (Wildman–Crippen LogP) is 2.27. The van der Waals surface area contributed by atoms with Crippen LogP contribution in [0.5, 0.6) is 0 Å². The van der Waals surface area contributed by atoms with Gasteiger partial charge in [-0.25, -0.2) is 0 Å². The van der Waals surface area contributed by atoms with Gasteiger partial charge in [-0.15, -0.1) is 0 Å². The largest absolute Gasteiger partial charge is 0.354 e. The monoisotopic (exact) mass is 341 g/mol. The Morgan fingerprint density at radius 1 is 1.12 bits per heavy atom. The Hall–Kier alpha value is -2.40. The number of aryl methyl sites for hydroxylation is 2. The summed E-state index contributed by atoms with van der Waals surface area (Å²) in [5.41, 5.74) is 3.05. The number of pyridine rings is 1. The van der Waals surface area contributed by atoms with Crippen molar-refractivity contribution in [2.24, 2.45) is 0 Å². The summed E-state index contributed by atoms with van der Waals surface area (Å²) in [6.07, 6.45) is 0.713. The van der Waals surface area contributed by atoms with Gasteiger partial charge in [0.15, 0.2) is 0 Å². The first-order chi connectivity index (χ1) is 11.9. The van der Waals surface area contributed by atoms with Gasteiger partial charge < -0.3 is 9.88 Å². The minimum Gasteiger partial charge on any atom is -0.354 e. The van der Waals surface area contributed by atoms with Crippen LogP contribution in [0, 0.1) is 13.8 Å². The lowest BCUT2D eigenvalue weighted by Gasteiger charge is -2.25. The molecule has 2 aromatic rings. The molecule has 0 aliphatic carbocycles. The van der Waals surface area contributed by atoms with E-state index in [0.29, 0.717) is 19.5 Å². The normalized spacial score (nSPS) is 12.2. The van der Waals surface area contributed by atoms with E-state index in [2.05, 4.69) is 5.32 Å². The second-order valence-corrected chi connectivity index (χ2v) is 6.52. The highest BCUT2D eigenvalue weighted by molar-refractivity contribution is 5.83. The van der Waals surface area contributed by atoms with E-state index in [1.165, 1.54) is 0 Å². The standard InChI is InChI=1S/C20H27N3O2/c1-15-9-5-6-11-17(15)19(22(3)4)20(25)21-13-8-14-23-16(2)10-7-12-18(23)24/h5-7,9-12,19H,8,13-14H2,1-4H3,(H,21,25). The Bertz CT molecular complexity index is 781. The van der Waals surface area contributed by atoms with Crippen LogP contribution < -0.4 is 10.9 Å². The van der Waals surface area contributed by atoms with Crippen LogP contribution in [0.15, 0.2) is 47.3 Å². The number of hydrogen-bond donors (Lipinski definition) is 1. The predicted molar refractivity (Wildman–Crippen MR) is 101 cm³/mol. The maximum absolute atomic E-state index is 12.7. The van der Waals surface area contributed by atoms with Gasteiger partial charge in [-0.2, -0.15) is 0 Å². The van der Waals surface area contributed by atoms with Crippen molar-refractivity contribution in [1.29, 1.82) is 0 Å². The number of carbonyl (C=O) groups is 1. The summed E-state index contributed by atoms with van der Waals surface area (Å²) in [7, 11) is 3.81. The third kappa shape index (κ3) is 4.79. The SMILES string of the molecule is Cc1ccccc1C(C(=O)NCCCn1c(C)cccc1=O)N(C)C. The highest BCUT2D eigenvalue weighted by Gasteiger charge is 2.23.